The van der Waals surface area contributed by atoms with Crippen molar-refractivity contribution >= 4 is 41.5 Å². The number of nitrogens with zero attached hydrogens (tertiary/aromatic N) is 1. The first kappa shape index (κ1) is 23.3. The summed E-state index contributed by atoms with van der Waals surface area (Å²) in [6.07, 6.45) is 1.25. The van der Waals surface area contributed by atoms with E-state index in [9.17, 15) is 33.6 Å². The zero-order chi connectivity index (χ0) is 22.0. The first-order chi connectivity index (χ1) is 13.6. The van der Waals surface area contributed by atoms with Crippen molar-refractivity contribution in [3.8, 4) is 0 Å². The van der Waals surface area contributed by atoms with Gasteiger partial charge >= 0.3 is 11.9 Å². The first-order valence-corrected chi connectivity index (χ1v) is 8.41. The number of amides is 5. The topological polar surface area (TPSA) is 199 Å². The molecule has 0 spiro atoms. The Morgan fingerprint density at radius 2 is 1.41 bits per heavy atom. The molecule has 0 aromatic rings. The van der Waals surface area contributed by atoms with Gasteiger partial charge in [0.05, 0.1) is 0 Å². The highest BCUT2D eigenvalue weighted by molar-refractivity contribution is 6.13. The van der Waals surface area contributed by atoms with Crippen molar-refractivity contribution in [2.24, 2.45) is 0 Å². The van der Waals surface area contributed by atoms with Gasteiger partial charge in [0.2, 0.25) is 17.7 Å². The molecule has 5 N–H and O–H groups in total. The van der Waals surface area contributed by atoms with Gasteiger partial charge in [-0.25, -0.2) is 0 Å². The van der Waals surface area contributed by atoms with E-state index >= 15 is 0 Å². The lowest BCUT2D eigenvalue weighted by molar-refractivity contribution is -0.138. The van der Waals surface area contributed by atoms with Gasteiger partial charge < -0.3 is 26.2 Å². The molecule has 1 heterocycles. The van der Waals surface area contributed by atoms with Crippen molar-refractivity contribution in [3.63, 3.8) is 0 Å². The molecule has 13 heteroatoms. The molecule has 13 nitrogen and oxygen atoms in total. The largest absolute Gasteiger partial charge is 0.480 e. The van der Waals surface area contributed by atoms with E-state index in [1.807, 2.05) is 0 Å². The number of rotatable bonds is 12. The normalized spacial score (nSPS) is 13.7. The van der Waals surface area contributed by atoms with Gasteiger partial charge in [-0.05, 0) is 6.42 Å². The standard InChI is InChI=1S/C16H20N4O9/c21-10(17-7-14(25)26)2-1-9(16(29)18-8-15(27)28)19-11(22)5-6-20-12(23)3-4-13(20)24/h3-4,9H,1-2,5-8H2,(H,17,21)(H,18,29)(H,19,22)(H,25,26)(H,27,28). The monoisotopic (exact) mass is 412 g/mol. The molecule has 0 bridgehead atoms. The lowest BCUT2D eigenvalue weighted by Gasteiger charge is -2.19. The molecule has 0 saturated carbocycles. The second kappa shape index (κ2) is 11.2. The Balaban J connectivity index is 2.60. The minimum atomic E-state index is -1.32. The molecular weight excluding hydrogens is 392 g/mol. The summed E-state index contributed by atoms with van der Waals surface area (Å²) < 4.78 is 0. The molecule has 0 fully saturated rings. The maximum Gasteiger partial charge on any atom is 0.322 e. The zero-order valence-electron chi connectivity index (χ0n) is 15.2. The molecule has 1 atom stereocenters. The van der Waals surface area contributed by atoms with Crippen LogP contribution in [0.2, 0.25) is 0 Å². The van der Waals surface area contributed by atoms with Crippen LogP contribution in [0, 0.1) is 0 Å². The van der Waals surface area contributed by atoms with E-state index in [1.165, 1.54) is 0 Å². The second-order valence-electron chi connectivity index (χ2n) is 5.85. The molecule has 1 aliphatic rings. The number of imide groups is 1. The van der Waals surface area contributed by atoms with Gasteiger partial charge in [0, 0.05) is 31.5 Å². The van der Waals surface area contributed by atoms with Gasteiger partial charge in [-0.15, -0.1) is 0 Å². The van der Waals surface area contributed by atoms with Crippen molar-refractivity contribution in [1.29, 1.82) is 0 Å². The lowest BCUT2D eigenvalue weighted by Crippen LogP contribution is -2.49. The predicted octanol–water partition coefficient (Wildman–Crippen LogP) is -3.03. The number of carbonyl (C=O) groups excluding carboxylic acids is 5. The number of nitrogens with one attached hydrogen (secondary N) is 3. The lowest BCUT2D eigenvalue weighted by atomic mass is 10.1. The quantitative estimate of drug-likeness (QED) is 0.207. The Morgan fingerprint density at radius 3 is 1.97 bits per heavy atom. The van der Waals surface area contributed by atoms with Crippen LogP contribution in [0.3, 0.4) is 0 Å². The van der Waals surface area contributed by atoms with Crippen molar-refractivity contribution in [1.82, 2.24) is 20.9 Å². The smallest absolute Gasteiger partial charge is 0.322 e. The molecule has 1 aliphatic heterocycles. The average molecular weight is 412 g/mol. The Bertz CT molecular complexity index is 729. The Hall–Kier alpha value is -3.77. The summed E-state index contributed by atoms with van der Waals surface area (Å²) in [5.74, 6) is -5.98. The van der Waals surface area contributed by atoms with Crippen LogP contribution in [0.1, 0.15) is 19.3 Å². The van der Waals surface area contributed by atoms with Gasteiger partial charge in [0.25, 0.3) is 11.8 Å². The van der Waals surface area contributed by atoms with Crippen LogP contribution >= 0.6 is 0 Å². The maximum atomic E-state index is 12.1. The Labute approximate surface area is 164 Å². The van der Waals surface area contributed by atoms with Gasteiger partial charge in [-0.2, -0.15) is 0 Å². The van der Waals surface area contributed by atoms with Crippen LogP contribution in [-0.2, 0) is 33.6 Å². The predicted molar refractivity (Wildman–Crippen MR) is 92.9 cm³/mol. The van der Waals surface area contributed by atoms with E-state index in [1.54, 1.807) is 0 Å². The first-order valence-electron chi connectivity index (χ1n) is 8.41. The van der Waals surface area contributed by atoms with Crippen molar-refractivity contribution in [3.05, 3.63) is 12.2 Å². The molecule has 1 rings (SSSR count). The van der Waals surface area contributed by atoms with Gasteiger partial charge in [-0.1, -0.05) is 0 Å². The number of carbonyl (C=O) groups is 7. The number of hydrogen-bond donors (Lipinski definition) is 5. The van der Waals surface area contributed by atoms with Crippen LogP contribution in [0.5, 0.6) is 0 Å². The van der Waals surface area contributed by atoms with Gasteiger partial charge in [0.1, 0.15) is 19.1 Å². The molecule has 0 aromatic heterocycles. The van der Waals surface area contributed by atoms with Crippen LogP contribution in [0.4, 0.5) is 0 Å². The van der Waals surface area contributed by atoms with E-state index in [0.29, 0.717) is 0 Å². The maximum absolute atomic E-state index is 12.1. The summed E-state index contributed by atoms with van der Waals surface area (Å²) in [7, 11) is 0. The van der Waals surface area contributed by atoms with Crippen LogP contribution < -0.4 is 16.0 Å². The molecule has 0 aromatic carbocycles. The summed E-state index contributed by atoms with van der Waals surface area (Å²) in [4.78, 5) is 80.5. The number of carboxylic acids is 2. The van der Waals surface area contributed by atoms with E-state index in [-0.39, 0.29) is 25.8 Å². The van der Waals surface area contributed by atoms with Crippen LogP contribution in [-0.4, -0.2) is 82.3 Å². The van der Waals surface area contributed by atoms with Crippen molar-refractivity contribution < 1.29 is 43.8 Å². The van der Waals surface area contributed by atoms with E-state index in [4.69, 9.17) is 10.2 Å². The number of carboxylic acid groups (broad SMARTS) is 2. The minimum Gasteiger partial charge on any atom is -0.480 e. The zero-order valence-corrected chi connectivity index (χ0v) is 15.2. The molecule has 158 valence electrons. The van der Waals surface area contributed by atoms with Crippen molar-refractivity contribution in [2.45, 2.75) is 25.3 Å². The average Bonchev–Trinajstić information content (AvgIpc) is 2.97. The third-order valence-corrected chi connectivity index (χ3v) is 3.63. The van der Waals surface area contributed by atoms with Crippen molar-refractivity contribution in [2.75, 3.05) is 19.6 Å². The molecular formula is C16H20N4O9. The Morgan fingerprint density at radius 1 is 0.862 bits per heavy atom. The summed E-state index contributed by atoms with van der Waals surface area (Å²) in [6, 6.07) is -1.28. The number of hydrogen-bond acceptors (Lipinski definition) is 7. The highest BCUT2D eigenvalue weighted by atomic mass is 16.4. The summed E-state index contributed by atoms with van der Waals surface area (Å²) in [5, 5.41) is 23.6. The molecule has 0 saturated heterocycles. The molecule has 29 heavy (non-hydrogen) atoms. The fourth-order valence-corrected chi connectivity index (χ4v) is 2.22. The second-order valence-corrected chi connectivity index (χ2v) is 5.85. The van der Waals surface area contributed by atoms with E-state index in [2.05, 4.69) is 16.0 Å². The van der Waals surface area contributed by atoms with Gasteiger partial charge in [-0.3, -0.25) is 38.5 Å². The van der Waals surface area contributed by atoms with Crippen LogP contribution in [0.25, 0.3) is 0 Å². The fraction of sp³-hybridized carbons (Fsp3) is 0.438. The summed E-state index contributed by atoms with van der Waals surface area (Å²) in [5.41, 5.74) is 0. The summed E-state index contributed by atoms with van der Waals surface area (Å²) >= 11 is 0. The van der Waals surface area contributed by atoms with Gasteiger partial charge in [0.15, 0.2) is 0 Å². The third kappa shape index (κ3) is 8.64. The SMILES string of the molecule is O=C(O)CNC(=O)CCC(NC(=O)CCN1C(=O)C=CC1=O)C(=O)NCC(=O)O. The minimum absolute atomic E-state index is 0.223. The highest BCUT2D eigenvalue weighted by Crippen LogP contribution is 2.05. The third-order valence-electron chi connectivity index (χ3n) is 3.63. The van der Waals surface area contributed by atoms with Crippen LogP contribution in [0.15, 0.2) is 12.2 Å². The van der Waals surface area contributed by atoms with E-state index in [0.717, 1.165) is 17.1 Å². The fourth-order valence-electron chi connectivity index (χ4n) is 2.22. The molecule has 5 amide bonds. The Kier molecular flexibility index (Phi) is 8.95. The molecule has 0 radical (unpaired) electrons. The summed E-state index contributed by atoms with van der Waals surface area (Å²) in [6.45, 7) is -1.55. The molecule has 1 unspecified atom stereocenters. The highest BCUT2D eigenvalue weighted by Gasteiger charge is 2.26. The number of aliphatic carboxylic acids is 2. The van der Waals surface area contributed by atoms with E-state index < -0.39 is 60.6 Å². The molecule has 0 aliphatic carbocycles.